The Balaban J connectivity index is 2.14. The number of nitrogens with two attached hydrogens (primary N) is 1. The van der Waals surface area contributed by atoms with Gasteiger partial charge in [0.25, 0.3) is 0 Å². The third-order valence-electron chi connectivity index (χ3n) is 4.69. The first-order chi connectivity index (χ1) is 10.1. The van der Waals surface area contributed by atoms with Gasteiger partial charge in [0.2, 0.25) is 0 Å². The number of fused-ring (bicyclic) bond motifs is 1. The number of hydrogen-bond donors (Lipinski definition) is 2. The SMILES string of the molecule is CC1CCN(c2c(C(=N)N)cnc3ccccc23)CC1C. The number of rotatable bonds is 2. The molecule has 0 bridgehead atoms. The molecule has 110 valence electrons. The Morgan fingerprint density at radius 2 is 2.05 bits per heavy atom. The van der Waals surface area contributed by atoms with Gasteiger partial charge in [-0.25, -0.2) is 0 Å². The molecule has 0 amide bonds. The molecule has 0 aliphatic carbocycles. The van der Waals surface area contributed by atoms with Crippen molar-refractivity contribution in [3.63, 3.8) is 0 Å². The summed E-state index contributed by atoms with van der Waals surface area (Å²) in [5.41, 5.74) is 8.57. The summed E-state index contributed by atoms with van der Waals surface area (Å²) in [6.45, 7) is 6.64. The van der Waals surface area contributed by atoms with Crippen molar-refractivity contribution < 1.29 is 0 Å². The summed E-state index contributed by atoms with van der Waals surface area (Å²) in [5.74, 6) is 1.48. The van der Waals surface area contributed by atoms with Crippen molar-refractivity contribution in [3.05, 3.63) is 36.0 Å². The van der Waals surface area contributed by atoms with Crippen LogP contribution in [0.25, 0.3) is 10.9 Å². The van der Waals surface area contributed by atoms with E-state index in [4.69, 9.17) is 11.1 Å². The lowest BCUT2D eigenvalue weighted by atomic mass is 9.88. The maximum absolute atomic E-state index is 7.87. The van der Waals surface area contributed by atoms with E-state index in [2.05, 4.69) is 29.8 Å². The summed E-state index contributed by atoms with van der Waals surface area (Å²) in [5, 5.41) is 8.96. The second-order valence-corrected chi connectivity index (χ2v) is 6.14. The molecule has 0 radical (unpaired) electrons. The van der Waals surface area contributed by atoms with Gasteiger partial charge in [0.1, 0.15) is 5.84 Å². The van der Waals surface area contributed by atoms with Crippen LogP contribution in [0.5, 0.6) is 0 Å². The molecule has 1 fully saturated rings. The third-order valence-corrected chi connectivity index (χ3v) is 4.69. The van der Waals surface area contributed by atoms with Crippen LogP contribution in [0.1, 0.15) is 25.8 Å². The van der Waals surface area contributed by atoms with E-state index in [9.17, 15) is 0 Å². The molecular formula is C17H22N4. The average Bonchev–Trinajstić information content (AvgIpc) is 2.49. The van der Waals surface area contributed by atoms with Gasteiger partial charge in [0.05, 0.1) is 16.8 Å². The highest BCUT2D eigenvalue weighted by Crippen LogP contribution is 2.34. The monoisotopic (exact) mass is 282 g/mol. The van der Waals surface area contributed by atoms with Crippen molar-refractivity contribution in [3.8, 4) is 0 Å². The lowest BCUT2D eigenvalue weighted by Crippen LogP contribution is -2.39. The molecule has 1 saturated heterocycles. The minimum atomic E-state index is 0.0922. The Hall–Kier alpha value is -2.10. The fourth-order valence-corrected chi connectivity index (χ4v) is 3.13. The molecule has 1 aromatic carbocycles. The number of piperidine rings is 1. The number of aromatic nitrogens is 1. The van der Waals surface area contributed by atoms with Crippen molar-refractivity contribution in [2.45, 2.75) is 20.3 Å². The highest BCUT2D eigenvalue weighted by atomic mass is 15.1. The molecule has 3 rings (SSSR count). The van der Waals surface area contributed by atoms with E-state index < -0.39 is 0 Å². The number of nitrogen functional groups attached to an aromatic ring is 1. The van der Waals surface area contributed by atoms with E-state index in [1.165, 1.54) is 6.42 Å². The Labute approximate surface area is 125 Å². The first-order valence-corrected chi connectivity index (χ1v) is 7.55. The van der Waals surface area contributed by atoms with E-state index in [0.29, 0.717) is 5.92 Å². The van der Waals surface area contributed by atoms with Gasteiger partial charge in [0, 0.05) is 24.7 Å². The summed E-state index contributed by atoms with van der Waals surface area (Å²) in [4.78, 5) is 6.82. The largest absolute Gasteiger partial charge is 0.384 e. The van der Waals surface area contributed by atoms with Gasteiger partial charge in [-0.3, -0.25) is 10.4 Å². The zero-order valence-electron chi connectivity index (χ0n) is 12.6. The van der Waals surface area contributed by atoms with Crippen molar-refractivity contribution >= 4 is 22.4 Å². The first-order valence-electron chi connectivity index (χ1n) is 7.55. The van der Waals surface area contributed by atoms with Crippen molar-refractivity contribution in [1.82, 2.24) is 4.98 Å². The van der Waals surface area contributed by atoms with Crippen LogP contribution in [0, 0.1) is 17.2 Å². The van der Waals surface area contributed by atoms with Gasteiger partial charge >= 0.3 is 0 Å². The number of anilines is 1. The second-order valence-electron chi connectivity index (χ2n) is 6.14. The van der Waals surface area contributed by atoms with E-state index in [-0.39, 0.29) is 5.84 Å². The molecule has 3 N–H and O–H groups in total. The molecule has 1 aliphatic rings. The van der Waals surface area contributed by atoms with Gasteiger partial charge in [-0.05, 0) is 24.3 Å². The van der Waals surface area contributed by atoms with Crippen LogP contribution in [0.4, 0.5) is 5.69 Å². The smallest absolute Gasteiger partial charge is 0.126 e. The molecule has 0 spiro atoms. The van der Waals surface area contributed by atoms with E-state index >= 15 is 0 Å². The maximum Gasteiger partial charge on any atom is 0.126 e. The zero-order chi connectivity index (χ0) is 15.0. The average molecular weight is 282 g/mol. The number of hydrogen-bond acceptors (Lipinski definition) is 3. The van der Waals surface area contributed by atoms with Gasteiger partial charge < -0.3 is 10.6 Å². The fourth-order valence-electron chi connectivity index (χ4n) is 3.13. The Morgan fingerprint density at radius 3 is 2.76 bits per heavy atom. The lowest BCUT2D eigenvalue weighted by Gasteiger charge is -2.38. The summed E-state index contributed by atoms with van der Waals surface area (Å²) in [6, 6.07) is 8.10. The molecule has 2 atom stereocenters. The quantitative estimate of drug-likeness (QED) is 0.657. The number of pyridine rings is 1. The number of benzene rings is 1. The van der Waals surface area contributed by atoms with Gasteiger partial charge in [-0.15, -0.1) is 0 Å². The summed E-state index contributed by atoms with van der Waals surface area (Å²) < 4.78 is 0. The van der Waals surface area contributed by atoms with Crippen LogP contribution >= 0.6 is 0 Å². The van der Waals surface area contributed by atoms with Gasteiger partial charge in [-0.1, -0.05) is 32.0 Å². The highest BCUT2D eigenvalue weighted by molar-refractivity contribution is 6.07. The molecule has 2 heterocycles. The predicted octanol–water partition coefficient (Wildman–Crippen LogP) is 3.00. The fraction of sp³-hybridized carbons (Fsp3) is 0.412. The minimum Gasteiger partial charge on any atom is -0.384 e. The lowest BCUT2D eigenvalue weighted by molar-refractivity contribution is 0.324. The normalized spacial score (nSPS) is 22.5. The van der Waals surface area contributed by atoms with E-state index in [1.807, 2.05) is 18.2 Å². The summed E-state index contributed by atoms with van der Waals surface area (Å²) in [7, 11) is 0. The molecule has 4 nitrogen and oxygen atoms in total. The van der Waals surface area contributed by atoms with E-state index in [1.54, 1.807) is 6.20 Å². The highest BCUT2D eigenvalue weighted by Gasteiger charge is 2.26. The van der Waals surface area contributed by atoms with Gasteiger partial charge in [0.15, 0.2) is 0 Å². The molecule has 2 unspecified atom stereocenters. The molecule has 0 saturated carbocycles. The summed E-state index contributed by atoms with van der Waals surface area (Å²) in [6.07, 6.45) is 2.91. The molecule has 1 aliphatic heterocycles. The van der Waals surface area contributed by atoms with Crippen LogP contribution < -0.4 is 10.6 Å². The second kappa shape index (κ2) is 5.35. The molecule has 1 aromatic heterocycles. The van der Waals surface area contributed by atoms with E-state index in [0.717, 1.165) is 41.2 Å². The van der Waals surface area contributed by atoms with Crippen LogP contribution in [-0.2, 0) is 0 Å². The number of amidine groups is 1. The molecule has 2 aromatic rings. The van der Waals surface area contributed by atoms with Crippen molar-refractivity contribution in [1.29, 1.82) is 5.41 Å². The maximum atomic E-state index is 7.87. The van der Waals surface area contributed by atoms with Crippen molar-refractivity contribution in [2.24, 2.45) is 17.6 Å². The summed E-state index contributed by atoms with van der Waals surface area (Å²) >= 11 is 0. The Kier molecular flexibility index (Phi) is 3.53. The number of nitrogens with one attached hydrogen (secondary N) is 1. The van der Waals surface area contributed by atoms with Crippen LogP contribution in [0.2, 0.25) is 0 Å². The molecule has 21 heavy (non-hydrogen) atoms. The van der Waals surface area contributed by atoms with Crippen molar-refractivity contribution in [2.75, 3.05) is 18.0 Å². The number of nitrogens with zero attached hydrogens (tertiary/aromatic N) is 2. The first kappa shape index (κ1) is 13.9. The van der Waals surface area contributed by atoms with Crippen LogP contribution in [-0.4, -0.2) is 23.9 Å². The molecule has 4 heteroatoms. The topological polar surface area (TPSA) is 66.0 Å². The zero-order valence-corrected chi connectivity index (χ0v) is 12.6. The van der Waals surface area contributed by atoms with Gasteiger partial charge in [-0.2, -0.15) is 0 Å². The Bertz CT molecular complexity index is 680. The standard InChI is InChI=1S/C17H22N4/c1-11-7-8-21(10-12(11)2)16-13-5-3-4-6-15(13)20-9-14(16)17(18)19/h3-6,9,11-12H,7-8,10H2,1-2H3,(H3,18,19). The Morgan fingerprint density at radius 1 is 1.29 bits per heavy atom. The minimum absolute atomic E-state index is 0.0922. The predicted molar refractivity (Wildman–Crippen MR) is 87.9 cm³/mol. The van der Waals surface area contributed by atoms with Crippen LogP contribution in [0.3, 0.4) is 0 Å². The van der Waals surface area contributed by atoms with Crippen LogP contribution in [0.15, 0.2) is 30.5 Å². The third kappa shape index (κ3) is 2.46. The number of para-hydroxylation sites is 1. The molecular weight excluding hydrogens is 260 g/mol.